The second-order valence-corrected chi connectivity index (χ2v) is 5.57. The zero-order chi connectivity index (χ0) is 12.3. The predicted octanol–water partition coefficient (Wildman–Crippen LogP) is 3.06. The first-order valence-corrected chi connectivity index (χ1v) is 5.81. The second kappa shape index (κ2) is 4.88. The molecule has 2 nitrogen and oxygen atoms in total. The lowest BCUT2D eigenvalue weighted by molar-refractivity contribution is 0.287. The molecule has 1 unspecified atom stereocenters. The van der Waals surface area contributed by atoms with Gasteiger partial charge < -0.3 is 10.2 Å². The minimum Gasteiger partial charge on any atom is -0.378 e. The molecule has 1 aromatic carbocycles. The Bertz CT molecular complexity index is 320. The number of nitrogens with one attached hydrogen (secondary N) is 1. The van der Waals surface area contributed by atoms with Crippen molar-refractivity contribution in [1.82, 2.24) is 5.32 Å². The van der Waals surface area contributed by atoms with Gasteiger partial charge in [0, 0.05) is 25.8 Å². The molecule has 1 rings (SSSR count). The van der Waals surface area contributed by atoms with Crippen LogP contribution >= 0.6 is 0 Å². The topological polar surface area (TPSA) is 15.3 Å². The van der Waals surface area contributed by atoms with Gasteiger partial charge in [0.25, 0.3) is 0 Å². The van der Waals surface area contributed by atoms with Gasteiger partial charge in [0.15, 0.2) is 0 Å². The molecule has 0 saturated carbocycles. The van der Waals surface area contributed by atoms with Gasteiger partial charge in [-0.25, -0.2) is 0 Å². The summed E-state index contributed by atoms with van der Waals surface area (Å²) >= 11 is 0. The Kier molecular flexibility index (Phi) is 3.98. The average Bonchev–Trinajstić information content (AvgIpc) is 2.17. The molecule has 0 aliphatic heterocycles. The maximum absolute atomic E-state index is 3.39. The van der Waals surface area contributed by atoms with Crippen LogP contribution in [0.15, 0.2) is 24.3 Å². The third-order valence-electron chi connectivity index (χ3n) is 2.90. The standard InChI is InChI=1S/C14H24N2/c1-14(2,3)13(15-4)11-7-9-12(10-8-11)16(5)6/h7-10,13,15H,1-6H3. The van der Waals surface area contributed by atoms with E-state index in [-0.39, 0.29) is 5.41 Å². The summed E-state index contributed by atoms with van der Waals surface area (Å²) in [5, 5.41) is 3.39. The summed E-state index contributed by atoms with van der Waals surface area (Å²) in [5.74, 6) is 0. The molecule has 90 valence electrons. The van der Waals surface area contributed by atoms with Gasteiger partial charge in [-0.1, -0.05) is 32.9 Å². The Labute approximate surface area is 99.7 Å². The molecule has 0 radical (unpaired) electrons. The van der Waals surface area contributed by atoms with E-state index in [1.54, 1.807) is 0 Å². The highest BCUT2D eigenvalue weighted by molar-refractivity contribution is 5.46. The van der Waals surface area contributed by atoms with Crippen molar-refractivity contribution >= 4 is 5.69 Å². The Morgan fingerprint density at radius 2 is 1.56 bits per heavy atom. The largest absolute Gasteiger partial charge is 0.378 e. The number of hydrogen-bond acceptors (Lipinski definition) is 2. The molecule has 0 heterocycles. The first kappa shape index (κ1) is 13.0. The molecule has 0 spiro atoms. The zero-order valence-corrected chi connectivity index (χ0v) is 11.3. The van der Waals surface area contributed by atoms with E-state index >= 15 is 0 Å². The Hall–Kier alpha value is -1.02. The number of nitrogens with zero attached hydrogens (tertiary/aromatic N) is 1. The molecule has 16 heavy (non-hydrogen) atoms. The summed E-state index contributed by atoms with van der Waals surface area (Å²) in [6.07, 6.45) is 0. The first-order valence-electron chi connectivity index (χ1n) is 5.81. The van der Waals surface area contributed by atoms with Crippen molar-refractivity contribution < 1.29 is 0 Å². The van der Waals surface area contributed by atoms with Gasteiger partial charge in [-0.3, -0.25) is 0 Å². The summed E-state index contributed by atoms with van der Waals surface area (Å²) in [5.41, 5.74) is 2.82. The monoisotopic (exact) mass is 220 g/mol. The van der Waals surface area contributed by atoms with Crippen LogP contribution in [-0.4, -0.2) is 21.1 Å². The van der Waals surface area contributed by atoms with E-state index in [9.17, 15) is 0 Å². The van der Waals surface area contributed by atoms with Crippen molar-refractivity contribution in [3.63, 3.8) is 0 Å². The number of anilines is 1. The lowest BCUT2D eigenvalue weighted by Crippen LogP contribution is -2.29. The minimum atomic E-state index is 0.231. The van der Waals surface area contributed by atoms with E-state index in [1.807, 2.05) is 7.05 Å². The minimum absolute atomic E-state index is 0.231. The van der Waals surface area contributed by atoms with Gasteiger partial charge in [-0.15, -0.1) is 0 Å². The highest BCUT2D eigenvalue weighted by atomic mass is 15.1. The van der Waals surface area contributed by atoms with Crippen molar-refractivity contribution in [2.24, 2.45) is 5.41 Å². The summed E-state index contributed by atoms with van der Waals surface area (Å²) in [7, 11) is 6.15. The Morgan fingerprint density at radius 1 is 1.06 bits per heavy atom. The molecular formula is C14H24N2. The smallest absolute Gasteiger partial charge is 0.0366 e. The fourth-order valence-electron chi connectivity index (χ4n) is 2.06. The van der Waals surface area contributed by atoms with Crippen LogP contribution in [0, 0.1) is 5.41 Å². The van der Waals surface area contributed by atoms with Crippen LogP contribution in [0.4, 0.5) is 5.69 Å². The van der Waals surface area contributed by atoms with E-state index in [0.29, 0.717) is 6.04 Å². The van der Waals surface area contributed by atoms with Crippen molar-refractivity contribution in [1.29, 1.82) is 0 Å². The van der Waals surface area contributed by atoms with Gasteiger partial charge in [0.1, 0.15) is 0 Å². The molecule has 0 amide bonds. The van der Waals surface area contributed by atoms with Gasteiger partial charge in [0.2, 0.25) is 0 Å². The molecular weight excluding hydrogens is 196 g/mol. The Balaban J connectivity index is 2.96. The molecule has 1 aromatic rings. The maximum Gasteiger partial charge on any atom is 0.0366 e. The van der Waals surface area contributed by atoms with E-state index < -0.39 is 0 Å². The van der Waals surface area contributed by atoms with E-state index in [1.165, 1.54) is 11.3 Å². The van der Waals surface area contributed by atoms with Crippen LogP contribution in [0.3, 0.4) is 0 Å². The average molecular weight is 220 g/mol. The lowest BCUT2D eigenvalue weighted by atomic mass is 9.82. The number of benzene rings is 1. The molecule has 1 atom stereocenters. The molecule has 0 aromatic heterocycles. The summed E-state index contributed by atoms with van der Waals surface area (Å²) < 4.78 is 0. The van der Waals surface area contributed by atoms with Crippen molar-refractivity contribution in [2.75, 3.05) is 26.0 Å². The SMILES string of the molecule is CNC(c1ccc(N(C)C)cc1)C(C)(C)C. The summed E-state index contributed by atoms with van der Waals surface area (Å²) in [6, 6.07) is 9.16. The van der Waals surface area contributed by atoms with Gasteiger partial charge in [-0.05, 0) is 30.2 Å². The predicted molar refractivity (Wildman–Crippen MR) is 72.0 cm³/mol. The second-order valence-electron chi connectivity index (χ2n) is 5.57. The van der Waals surface area contributed by atoms with Gasteiger partial charge >= 0.3 is 0 Å². The maximum atomic E-state index is 3.39. The quantitative estimate of drug-likeness (QED) is 0.842. The normalized spacial score (nSPS) is 13.6. The van der Waals surface area contributed by atoms with E-state index in [0.717, 1.165) is 0 Å². The summed E-state index contributed by atoms with van der Waals surface area (Å²) in [4.78, 5) is 2.12. The molecule has 0 aliphatic rings. The highest BCUT2D eigenvalue weighted by Crippen LogP contribution is 2.32. The molecule has 0 bridgehead atoms. The van der Waals surface area contributed by atoms with Crippen LogP contribution in [0.5, 0.6) is 0 Å². The zero-order valence-electron chi connectivity index (χ0n) is 11.3. The van der Waals surface area contributed by atoms with Crippen LogP contribution in [0.25, 0.3) is 0 Å². The number of hydrogen-bond donors (Lipinski definition) is 1. The number of rotatable bonds is 3. The summed E-state index contributed by atoms with van der Waals surface area (Å²) in [6.45, 7) is 6.77. The van der Waals surface area contributed by atoms with E-state index in [4.69, 9.17) is 0 Å². The van der Waals surface area contributed by atoms with Crippen LogP contribution in [0.2, 0.25) is 0 Å². The first-order chi connectivity index (χ1) is 7.36. The Morgan fingerprint density at radius 3 is 1.88 bits per heavy atom. The van der Waals surface area contributed by atoms with Crippen molar-refractivity contribution in [3.8, 4) is 0 Å². The molecule has 0 aliphatic carbocycles. The van der Waals surface area contributed by atoms with E-state index in [2.05, 4.69) is 69.3 Å². The van der Waals surface area contributed by atoms with Gasteiger partial charge in [0.05, 0.1) is 0 Å². The molecule has 0 saturated heterocycles. The third kappa shape index (κ3) is 2.99. The third-order valence-corrected chi connectivity index (χ3v) is 2.90. The fraction of sp³-hybridized carbons (Fsp3) is 0.571. The van der Waals surface area contributed by atoms with Crippen LogP contribution in [0.1, 0.15) is 32.4 Å². The molecule has 0 fully saturated rings. The fourth-order valence-corrected chi connectivity index (χ4v) is 2.06. The molecule has 1 N–H and O–H groups in total. The van der Waals surface area contributed by atoms with Crippen molar-refractivity contribution in [2.45, 2.75) is 26.8 Å². The molecule has 2 heteroatoms. The van der Waals surface area contributed by atoms with Crippen LogP contribution in [-0.2, 0) is 0 Å². The lowest BCUT2D eigenvalue weighted by Gasteiger charge is -2.31. The van der Waals surface area contributed by atoms with Gasteiger partial charge in [-0.2, -0.15) is 0 Å². The van der Waals surface area contributed by atoms with Crippen molar-refractivity contribution in [3.05, 3.63) is 29.8 Å². The van der Waals surface area contributed by atoms with Crippen LogP contribution < -0.4 is 10.2 Å². The highest BCUT2D eigenvalue weighted by Gasteiger charge is 2.24.